The van der Waals surface area contributed by atoms with Crippen molar-refractivity contribution >= 4 is 0 Å². The van der Waals surface area contributed by atoms with Gasteiger partial charge in [0.25, 0.3) is 0 Å². The first kappa shape index (κ1) is 18.7. The van der Waals surface area contributed by atoms with Crippen LogP contribution in [0.15, 0.2) is 42.5 Å². The van der Waals surface area contributed by atoms with Gasteiger partial charge in [-0.1, -0.05) is 69.2 Å². The van der Waals surface area contributed by atoms with E-state index < -0.39 is 5.60 Å². The highest BCUT2D eigenvalue weighted by molar-refractivity contribution is 5.81. The molecule has 2 nitrogen and oxygen atoms in total. The van der Waals surface area contributed by atoms with E-state index in [4.69, 9.17) is 0 Å². The Morgan fingerprint density at radius 1 is 0.889 bits per heavy atom. The van der Waals surface area contributed by atoms with Crippen molar-refractivity contribution in [2.75, 3.05) is 20.1 Å². The molecule has 0 unspecified atom stereocenters. The highest BCUT2D eigenvalue weighted by Crippen LogP contribution is 2.54. The van der Waals surface area contributed by atoms with Crippen LogP contribution >= 0.6 is 0 Å². The number of likely N-dealkylation sites (tertiary alicyclic amines) is 1. The Hall–Kier alpha value is -1.64. The molecule has 1 N–H and O–H groups in total. The molecule has 0 amide bonds. The summed E-state index contributed by atoms with van der Waals surface area (Å²) in [5, 5.41) is 11.4. The molecule has 1 aliphatic carbocycles. The lowest BCUT2D eigenvalue weighted by Gasteiger charge is -2.38. The summed E-state index contributed by atoms with van der Waals surface area (Å²) in [5.41, 5.74) is 6.28. The molecular formula is C25H33NO. The summed E-state index contributed by atoms with van der Waals surface area (Å²) >= 11 is 0. The summed E-state index contributed by atoms with van der Waals surface area (Å²) in [6.07, 6.45) is 6.35. The topological polar surface area (TPSA) is 23.5 Å². The molecule has 0 radical (unpaired) electrons. The predicted octanol–water partition coefficient (Wildman–Crippen LogP) is 5.47. The Kier molecular flexibility index (Phi) is 4.90. The third kappa shape index (κ3) is 2.94. The molecule has 144 valence electrons. The molecule has 2 aliphatic rings. The molecule has 0 saturated carbocycles. The molecule has 2 aromatic rings. The predicted molar refractivity (Wildman–Crippen MR) is 113 cm³/mol. The zero-order valence-electron chi connectivity index (χ0n) is 17.1. The Bertz CT molecular complexity index is 811. The Labute approximate surface area is 164 Å². The third-order valence-electron chi connectivity index (χ3n) is 6.97. The summed E-state index contributed by atoms with van der Waals surface area (Å²) in [6.45, 7) is 6.52. The van der Waals surface area contributed by atoms with Gasteiger partial charge in [-0.15, -0.1) is 0 Å². The lowest BCUT2D eigenvalue weighted by atomic mass is 9.70. The van der Waals surface area contributed by atoms with Crippen molar-refractivity contribution in [3.8, 4) is 11.1 Å². The first-order chi connectivity index (χ1) is 13.0. The van der Waals surface area contributed by atoms with Gasteiger partial charge in [0.2, 0.25) is 0 Å². The quantitative estimate of drug-likeness (QED) is 0.762. The molecule has 1 saturated heterocycles. The van der Waals surface area contributed by atoms with Gasteiger partial charge in [-0.25, -0.2) is 0 Å². The molecule has 2 heteroatoms. The summed E-state index contributed by atoms with van der Waals surface area (Å²) in [5.74, 6) is 0. The standard InChI is InChI=1S/C25H33NO/c1-4-12-24(13-5-2)22-9-7-6-8-20(22)21-11-10-19(18-23(21)24)25(27)14-16-26(3)17-15-25/h6-11,18,27H,4-5,12-17H2,1-3H3. The fraction of sp³-hybridized carbons (Fsp3) is 0.520. The van der Waals surface area contributed by atoms with Crippen LogP contribution in [0.1, 0.15) is 69.1 Å². The van der Waals surface area contributed by atoms with E-state index >= 15 is 0 Å². The largest absolute Gasteiger partial charge is 0.385 e. The number of rotatable bonds is 5. The van der Waals surface area contributed by atoms with Crippen LogP contribution in [0, 0.1) is 0 Å². The molecule has 1 aliphatic heterocycles. The molecule has 1 fully saturated rings. The van der Waals surface area contributed by atoms with Crippen molar-refractivity contribution < 1.29 is 5.11 Å². The maximum absolute atomic E-state index is 11.4. The molecule has 0 aromatic heterocycles. The second-order valence-corrected chi connectivity index (χ2v) is 8.72. The first-order valence-electron chi connectivity index (χ1n) is 10.7. The molecule has 4 rings (SSSR count). The molecule has 27 heavy (non-hydrogen) atoms. The smallest absolute Gasteiger partial charge is 0.0921 e. The number of fused-ring (bicyclic) bond motifs is 3. The number of nitrogens with zero attached hydrogens (tertiary/aromatic N) is 1. The van der Waals surface area contributed by atoms with Crippen LogP contribution < -0.4 is 0 Å². The number of benzene rings is 2. The van der Waals surface area contributed by atoms with Crippen LogP contribution in [-0.2, 0) is 11.0 Å². The van der Waals surface area contributed by atoms with E-state index in [1.165, 1.54) is 47.9 Å². The fourth-order valence-electron chi connectivity index (χ4n) is 5.54. The average Bonchev–Trinajstić information content (AvgIpc) is 2.95. The molecule has 2 aromatic carbocycles. The van der Waals surface area contributed by atoms with E-state index in [0.717, 1.165) is 31.5 Å². The fourth-order valence-corrected chi connectivity index (χ4v) is 5.54. The first-order valence-corrected chi connectivity index (χ1v) is 10.7. The second kappa shape index (κ2) is 7.07. The Balaban J connectivity index is 1.85. The van der Waals surface area contributed by atoms with Crippen LogP contribution in [-0.4, -0.2) is 30.1 Å². The summed E-state index contributed by atoms with van der Waals surface area (Å²) in [7, 11) is 2.15. The lowest BCUT2D eigenvalue weighted by Crippen LogP contribution is -2.40. The molecule has 0 spiro atoms. The molecule has 1 heterocycles. The van der Waals surface area contributed by atoms with E-state index in [1.807, 2.05) is 0 Å². The van der Waals surface area contributed by atoms with E-state index in [2.05, 4.69) is 68.3 Å². The average molecular weight is 364 g/mol. The zero-order valence-corrected chi connectivity index (χ0v) is 17.1. The van der Waals surface area contributed by atoms with Crippen molar-refractivity contribution in [1.82, 2.24) is 4.90 Å². The van der Waals surface area contributed by atoms with Gasteiger partial charge < -0.3 is 10.0 Å². The molecule has 0 atom stereocenters. The van der Waals surface area contributed by atoms with Gasteiger partial charge in [0, 0.05) is 18.5 Å². The third-order valence-corrected chi connectivity index (χ3v) is 6.97. The van der Waals surface area contributed by atoms with E-state index in [-0.39, 0.29) is 5.41 Å². The van der Waals surface area contributed by atoms with Crippen LogP contribution in [0.3, 0.4) is 0 Å². The highest BCUT2D eigenvalue weighted by Gasteiger charge is 2.43. The monoisotopic (exact) mass is 363 g/mol. The lowest BCUT2D eigenvalue weighted by molar-refractivity contribution is -0.0203. The minimum Gasteiger partial charge on any atom is -0.385 e. The second-order valence-electron chi connectivity index (χ2n) is 8.72. The summed E-state index contributed by atoms with van der Waals surface area (Å²) in [6, 6.07) is 15.8. The van der Waals surface area contributed by atoms with Crippen LogP contribution in [0.2, 0.25) is 0 Å². The van der Waals surface area contributed by atoms with E-state index in [9.17, 15) is 5.11 Å². The number of aliphatic hydroxyl groups is 1. The molecule has 0 bridgehead atoms. The maximum Gasteiger partial charge on any atom is 0.0921 e. The maximum atomic E-state index is 11.4. The van der Waals surface area contributed by atoms with Crippen molar-refractivity contribution in [2.24, 2.45) is 0 Å². The normalized spacial score (nSPS) is 20.3. The van der Waals surface area contributed by atoms with Crippen LogP contribution in [0.25, 0.3) is 11.1 Å². The van der Waals surface area contributed by atoms with Crippen LogP contribution in [0.5, 0.6) is 0 Å². The van der Waals surface area contributed by atoms with Gasteiger partial charge in [-0.2, -0.15) is 0 Å². The van der Waals surface area contributed by atoms with Crippen molar-refractivity contribution in [2.45, 2.75) is 63.4 Å². The van der Waals surface area contributed by atoms with Crippen molar-refractivity contribution in [3.05, 3.63) is 59.2 Å². The number of hydrogen-bond donors (Lipinski definition) is 1. The van der Waals surface area contributed by atoms with Crippen molar-refractivity contribution in [3.63, 3.8) is 0 Å². The minimum atomic E-state index is -0.680. The van der Waals surface area contributed by atoms with Crippen LogP contribution in [0.4, 0.5) is 0 Å². The molecular weight excluding hydrogens is 330 g/mol. The van der Waals surface area contributed by atoms with Gasteiger partial charge in [0.1, 0.15) is 0 Å². The Morgan fingerprint density at radius 3 is 2.19 bits per heavy atom. The zero-order chi connectivity index (χ0) is 19.1. The van der Waals surface area contributed by atoms with Crippen molar-refractivity contribution in [1.29, 1.82) is 0 Å². The Morgan fingerprint density at radius 2 is 1.52 bits per heavy atom. The van der Waals surface area contributed by atoms with Gasteiger partial charge in [0.05, 0.1) is 5.60 Å². The number of piperidine rings is 1. The highest BCUT2D eigenvalue weighted by atomic mass is 16.3. The van der Waals surface area contributed by atoms with Gasteiger partial charge in [-0.3, -0.25) is 0 Å². The number of hydrogen-bond acceptors (Lipinski definition) is 2. The summed E-state index contributed by atoms with van der Waals surface area (Å²) in [4.78, 5) is 2.32. The van der Waals surface area contributed by atoms with E-state index in [0.29, 0.717) is 0 Å². The minimum absolute atomic E-state index is 0.104. The van der Waals surface area contributed by atoms with Gasteiger partial charge >= 0.3 is 0 Å². The summed E-state index contributed by atoms with van der Waals surface area (Å²) < 4.78 is 0. The van der Waals surface area contributed by atoms with E-state index in [1.54, 1.807) is 0 Å². The van der Waals surface area contributed by atoms with Gasteiger partial charge in [-0.05, 0) is 60.5 Å². The SMILES string of the molecule is CCCC1(CCC)c2ccccc2-c2ccc(C3(O)CCN(C)CC3)cc21. The van der Waals surface area contributed by atoms with Gasteiger partial charge in [0.15, 0.2) is 0 Å².